The van der Waals surface area contributed by atoms with Crippen LogP contribution in [0, 0.1) is 11.3 Å². The highest BCUT2D eigenvalue weighted by Gasteiger charge is 2.38. The van der Waals surface area contributed by atoms with Crippen molar-refractivity contribution in [3.8, 4) is 0 Å². The minimum atomic E-state index is -0.289. The second-order valence-corrected chi connectivity index (χ2v) is 6.53. The van der Waals surface area contributed by atoms with Gasteiger partial charge in [-0.15, -0.1) is 0 Å². The van der Waals surface area contributed by atoms with Crippen LogP contribution in [0.1, 0.15) is 27.2 Å². The second kappa shape index (κ2) is 6.39. The summed E-state index contributed by atoms with van der Waals surface area (Å²) >= 11 is 0. The Balaban J connectivity index is 2.70. The van der Waals surface area contributed by atoms with Crippen LogP contribution >= 0.6 is 0 Å². The molecule has 0 aromatic heterocycles. The zero-order valence-corrected chi connectivity index (χ0v) is 13.1. The molecular weight excluding hydrogens is 254 g/mol. The van der Waals surface area contributed by atoms with Gasteiger partial charge in [0.05, 0.1) is 6.04 Å². The van der Waals surface area contributed by atoms with Gasteiger partial charge in [-0.1, -0.05) is 27.4 Å². The van der Waals surface area contributed by atoms with E-state index in [-0.39, 0.29) is 29.2 Å². The van der Waals surface area contributed by atoms with E-state index >= 15 is 0 Å². The third kappa shape index (κ3) is 3.82. The van der Waals surface area contributed by atoms with Crippen LogP contribution in [0.3, 0.4) is 0 Å². The first-order valence-corrected chi connectivity index (χ1v) is 7.11. The third-order valence-electron chi connectivity index (χ3n) is 4.07. The lowest BCUT2D eigenvalue weighted by Gasteiger charge is -2.35. The van der Waals surface area contributed by atoms with Crippen LogP contribution < -0.4 is 5.73 Å². The molecule has 0 aromatic rings. The summed E-state index contributed by atoms with van der Waals surface area (Å²) in [7, 11) is 1.93. The first-order valence-electron chi connectivity index (χ1n) is 7.11. The van der Waals surface area contributed by atoms with Gasteiger partial charge in [0, 0.05) is 19.6 Å². The summed E-state index contributed by atoms with van der Waals surface area (Å²) in [4.78, 5) is 27.1. The lowest BCUT2D eigenvalue weighted by Crippen LogP contribution is -2.50. The van der Waals surface area contributed by atoms with Crippen molar-refractivity contribution in [2.45, 2.75) is 33.2 Å². The number of carbonyl (C=O) groups excluding carboxylic acids is 2. The number of carbonyl (C=O) groups is 2. The maximum absolute atomic E-state index is 11.7. The van der Waals surface area contributed by atoms with Crippen LogP contribution in [-0.4, -0.2) is 54.3 Å². The normalized spacial score (nSPS) is 24.2. The molecule has 0 unspecified atom stereocenters. The van der Waals surface area contributed by atoms with Gasteiger partial charge in [-0.3, -0.25) is 14.5 Å². The number of nitrogens with zero attached hydrogens (tertiary/aromatic N) is 2. The summed E-state index contributed by atoms with van der Waals surface area (Å²) in [5, 5.41) is 0. The van der Waals surface area contributed by atoms with Gasteiger partial charge < -0.3 is 10.6 Å². The Morgan fingerprint density at radius 3 is 2.55 bits per heavy atom. The maximum Gasteiger partial charge on any atom is 0.245 e. The van der Waals surface area contributed by atoms with E-state index in [4.69, 9.17) is 5.73 Å². The van der Waals surface area contributed by atoms with E-state index in [9.17, 15) is 9.59 Å². The predicted molar refractivity (Wildman–Crippen MR) is 80.0 cm³/mol. The Morgan fingerprint density at radius 2 is 2.10 bits per heavy atom. The minimum Gasteiger partial charge on any atom is -0.368 e. The van der Waals surface area contributed by atoms with Gasteiger partial charge in [0.15, 0.2) is 0 Å². The molecule has 0 bridgehead atoms. The lowest BCUT2D eigenvalue weighted by molar-refractivity contribution is -0.126. The summed E-state index contributed by atoms with van der Waals surface area (Å²) in [5.41, 5.74) is 5.49. The minimum absolute atomic E-state index is 0.00396. The van der Waals surface area contributed by atoms with E-state index in [0.717, 1.165) is 19.5 Å². The number of hydrogen-bond donors (Lipinski definition) is 1. The smallest absolute Gasteiger partial charge is 0.245 e. The van der Waals surface area contributed by atoms with E-state index in [1.807, 2.05) is 30.7 Å². The van der Waals surface area contributed by atoms with Crippen molar-refractivity contribution in [1.82, 2.24) is 9.80 Å². The predicted octanol–water partition coefficient (Wildman–Crippen LogP) is 0.853. The fraction of sp³-hybridized carbons (Fsp3) is 0.733. The van der Waals surface area contributed by atoms with Gasteiger partial charge in [-0.25, -0.2) is 0 Å². The Bertz CT molecular complexity index is 395. The fourth-order valence-electron chi connectivity index (χ4n) is 3.23. The third-order valence-corrected chi connectivity index (χ3v) is 4.07. The van der Waals surface area contributed by atoms with Crippen molar-refractivity contribution in [2.24, 2.45) is 17.1 Å². The molecule has 1 aliphatic heterocycles. The van der Waals surface area contributed by atoms with Crippen molar-refractivity contribution < 1.29 is 9.59 Å². The summed E-state index contributed by atoms with van der Waals surface area (Å²) < 4.78 is 0. The first-order chi connectivity index (χ1) is 9.20. The molecule has 114 valence electrons. The molecule has 2 amide bonds. The van der Waals surface area contributed by atoms with Crippen molar-refractivity contribution >= 4 is 11.8 Å². The zero-order valence-electron chi connectivity index (χ0n) is 13.1. The average molecular weight is 281 g/mol. The molecule has 2 atom stereocenters. The maximum atomic E-state index is 11.7. The summed E-state index contributed by atoms with van der Waals surface area (Å²) in [6.45, 7) is 11.9. The molecule has 0 radical (unpaired) electrons. The standard InChI is InChI=1S/C15H27N3O2/c1-6-12(19)18-8-7-15(4,10-18)9-17(5)13(11(2)3)14(16)20/h6,11,13H,1,7-10H2,2-5H3,(H2,16,20)/t13-,15+/m0/s1. The quantitative estimate of drug-likeness (QED) is 0.734. The van der Waals surface area contributed by atoms with E-state index in [2.05, 4.69) is 13.5 Å². The molecule has 0 spiro atoms. The Morgan fingerprint density at radius 1 is 1.50 bits per heavy atom. The van der Waals surface area contributed by atoms with Gasteiger partial charge >= 0.3 is 0 Å². The van der Waals surface area contributed by atoms with E-state index in [0.29, 0.717) is 6.54 Å². The number of primary amides is 1. The first kappa shape index (κ1) is 16.7. The van der Waals surface area contributed by atoms with Crippen LogP contribution in [0.2, 0.25) is 0 Å². The Kier molecular flexibility index (Phi) is 5.34. The number of likely N-dealkylation sites (N-methyl/N-ethyl adjacent to an activating group) is 1. The highest BCUT2D eigenvalue weighted by atomic mass is 16.2. The van der Waals surface area contributed by atoms with Crippen molar-refractivity contribution in [2.75, 3.05) is 26.7 Å². The molecule has 20 heavy (non-hydrogen) atoms. The van der Waals surface area contributed by atoms with Crippen molar-refractivity contribution in [3.63, 3.8) is 0 Å². The van der Waals surface area contributed by atoms with Crippen molar-refractivity contribution in [3.05, 3.63) is 12.7 Å². The molecule has 0 saturated carbocycles. The largest absolute Gasteiger partial charge is 0.368 e. The molecule has 1 rings (SSSR count). The molecule has 1 fully saturated rings. The second-order valence-electron chi connectivity index (χ2n) is 6.53. The van der Waals surface area contributed by atoms with Gasteiger partial charge in [-0.05, 0) is 30.9 Å². The molecular formula is C15H27N3O2. The van der Waals surface area contributed by atoms with Crippen molar-refractivity contribution in [1.29, 1.82) is 0 Å². The van der Waals surface area contributed by atoms with Gasteiger partial charge in [0.25, 0.3) is 0 Å². The lowest BCUT2D eigenvalue weighted by atomic mass is 9.88. The van der Waals surface area contributed by atoms with Gasteiger partial charge in [0.2, 0.25) is 11.8 Å². The number of hydrogen-bond acceptors (Lipinski definition) is 3. The number of likely N-dealkylation sites (tertiary alicyclic amines) is 1. The zero-order chi connectivity index (χ0) is 15.5. The summed E-state index contributed by atoms with van der Waals surface area (Å²) in [5.74, 6) is -0.136. The SMILES string of the molecule is C=CC(=O)N1CC[C@](C)(CN(C)[C@H](C(N)=O)C(C)C)C1. The monoisotopic (exact) mass is 281 g/mol. The van der Waals surface area contributed by atoms with Crippen LogP contribution in [0.4, 0.5) is 0 Å². The molecule has 1 heterocycles. The van der Waals surface area contributed by atoms with Crippen LogP contribution in [-0.2, 0) is 9.59 Å². The highest BCUT2D eigenvalue weighted by Crippen LogP contribution is 2.31. The summed E-state index contributed by atoms with van der Waals surface area (Å²) in [6.07, 6.45) is 2.29. The van der Waals surface area contributed by atoms with E-state index in [1.54, 1.807) is 0 Å². The number of amides is 2. The Hall–Kier alpha value is -1.36. The molecule has 1 aliphatic rings. The molecule has 0 aliphatic carbocycles. The van der Waals surface area contributed by atoms with Crippen LogP contribution in [0.25, 0.3) is 0 Å². The van der Waals surface area contributed by atoms with Gasteiger partial charge in [-0.2, -0.15) is 0 Å². The topological polar surface area (TPSA) is 66.6 Å². The molecule has 2 N–H and O–H groups in total. The van der Waals surface area contributed by atoms with Crippen LogP contribution in [0.5, 0.6) is 0 Å². The van der Waals surface area contributed by atoms with E-state index < -0.39 is 0 Å². The van der Waals surface area contributed by atoms with Gasteiger partial charge in [0.1, 0.15) is 0 Å². The average Bonchev–Trinajstić information content (AvgIpc) is 2.69. The molecule has 0 aromatic carbocycles. The molecule has 5 heteroatoms. The molecule has 1 saturated heterocycles. The summed E-state index contributed by atoms with van der Waals surface area (Å²) in [6, 6.07) is -0.268. The number of nitrogens with two attached hydrogens (primary N) is 1. The highest BCUT2D eigenvalue weighted by molar-refractivity contribution is 5.87. The fourth-order valence-corrected chi connectivity index (χ4v) is 3.23. The number of rotatable bonds is 6. The Labute approximate surface area is 121 Å². The molecule has 5 nitrogen and oxygen atoms in total. The van der Waals surface area contributed by atoms with E-state index in [1.165, 1.54) is 6.08 Å². The van der Waals surface area contributed by atoms with Crippen LogP contribution in [0.15, 0.2) is 12.7 Å².